The van der Waals surface area contributed by atoms with Gasteiger partial charge in [-0.2, -0.15) is 0 Å². The Kier molecular flexibility index (Phi) is 5.15. The molecule has 0 aromatic heterocycles. The van der Waals surface area contributed by atoms with Crippen molar-refractivity contribution in [1.29, 1.82) is 0 Å². The van der Waals surface area contributed by atoms with Gasteiger partial charge in [-0.3, -0.25) is 4.79 Å². The van der Waals surface area contributed by atoms with Gasteiger partial charge in [-0.1, -0.05) is 25.5 Å². The molecule has 0 bridgehead atoms. The van der Waals surface area contributed by atoms with Gasteiger partial charge in [-0.15, -0.1) is 0 Å². The summed E-state index contributed by atoms with van der Waals surface area (Å²) in [6.07, 6.45) is 7.44. The lowest BCUT2D eigenvalue weighted by Gasteiger charge is -2.51. The summed E-state index contributed by atoms with van der Waals surface area (Å²) in [6.45, 7) is 10.1. The highest BCUT2D eigenvalue weighted by Gasteiger charge is 2.60. The predicted octanol–water partition coefficient (Wildman–Crippen LogP) is -0.486. The Hall–Kier alpha value is -0.910. The Morgan fingerprint density at radius 1 is 1.38 bits per heavy atom. The van der Waals surface area contributed by atoms with Gasteiger partial charge in [0.15, 0.2) is 0 Å². The number of quaternary nitrogens is 2. The number of fused-ring (bicyclic) bond motifs is 2. The molecule has 4 N–H and O–H groups in total. The second kappa shape index (κ2) is 7.25. The molecule has 2 heterocycles. The van der Waals surface area contributed by atoms with Crippen molar-refractivity contribution in [2.45, 2.75) is 58.2 Å². The Morgan fingerprint density at radius 2 is 2.15 bits per heavy atom. The molecule has 0 aromatic rings. The van der Waals surface area contributed by atoms with Gasteiger partial charge in [0, 0.05) is 30.6 Å². The minimum Gasteiger partial charge on any atom is -0.461 e. The van der Waals surface area contributed by atoms with Crippen LogP contribution in [0.1, 0.15) is 46.0 Å². The van der Waals surface area contributed by atoms with Gasteiger partial charge < -0.3 is 20.1 Å². The van der Waals surface area contributed by atoms with Crippen molar-refractivity contribution in [3.05, 3.63) is 11.6 Å². The first kappa shape index (κ1) is 18.5. The molecule has 5 nitrogen and oxygen atoms in total. The molecular weight excluding hydrogens is 328 g/mol. The van der Waals surface area contributed by atoms with Gasteiger partial charge in [-0.25, -0.2) is 0 Å². The standard InChI is InChI=1S/C21H34N2O3/c1-14-6-5-7-15-12-17-18(19(24)21(14,15)2)16(20(25)26-17)13-22-8-11-23-9-3-4-10-23/h7,14,16-19,22,24H,3-6,8-13H2,1-2H3/p+2/t14-,16+,17-,18-,19-,21-/m1/s1. The zero-order valence-electron chi connectivity index (χ0n) is 16.4. The van der Waals surface area contributed by atoms with Crippen LogP contribution in [0, 0.1) is 23.2 Å². The van der Waals surface area contributed by atoms with E-state index in [1.807, 2.05) is 0 Å². The average molecular weight is 365 g/mol. The third-order valence-electron chi connectivity index (χ3n) is 8.00. The molecule has 0 spiro atoms. The molecular formula is C21H36N2O3+2. The fraction of sp³-hybridized carbons (Fsp3) is 0.857. The number of aliphatic hydroxyl groups excluding tert-OH is 1. The van der Waals surface area contributed by atoms with Gasteiger partial charge in [0.05, 0.1) is 25.7 Å². The van der Waals surface area contributed by atoms with E-state index in [4.69, 9.17) is 4.74 Å². The molecule has 0 unspecified atom stereocenters. The zero-order valence-corrected chi connectivity index (χ0v) is 16.4. The summed E-state index contributed by atoms with van der Waals surface area (Å²) in [4.78, 5) is 14.2. The smallest absolute Gasteiger partial charge is 0.315 e. The maximum atomic E-state index is 12.6. The number of likely N-dealkylation sites (tertiary alicyclic amines) is 1. The molecule has 5 heteroatoms. The van der Waals surface area contributed by atoms with E-state index in [9.17, 15) is 9.90 Å². The van der Waals surface area contributed by atoms with E-state index in [1.54, 1.807) is 4.90 Å². The number of nitrogens with two attached hydrogens (primary N) is 1. The molecule has 26 heavy (non-hydrogen) atoms. The van der Waals surface area contributed by atoms with Gasteiger partial charge in [-0.05, 0) is 18.8 Å². The van der Waals surface area contributed by atoms with Crippen LogP contribution in [0.3, 0.4) is 0 Å². The van der Waals surface area contributed by atoms with Crippen LogP contribution in [0.25, 0.3) is 0 Å². The van der Waals surface area contributed by atoms with Gasteiger partial charge in [0.1, 0.15) is 25.1 Å². The minimum atomic E-state index is -0.475. The fourth-order valence-corrected chi connectivity index (χ4v) is 6.06. The van der Waals surface area contributed by atoms with Crippen molar-refractivity contribution in [2.75, 3.05) is 32.7 Å². The van der Waals surface area contributed by atoms with Crippen molar-refractivity contribution in [3.8, 4) is 0 Å². The molecule has 3 fully saturated rings. The molecule has 1 saturated carbocycles. The molecule has 0 radical (unpaired) electrons. The number of allylic oxidation sites excluding steroid dienone is 1. The fourth-order valence-electron chi connectivity index (χ4n) is 6.06. The van der Waals surface area contributed by atoms with Crippen LogP contribution in [0.5, 0.6) is 0 Å². The topological polar surface area (TPSA) is 67.6 Å². The van der Waals surface area contributed by atoms with E-state index in [1.165, 1.54) is 38.0 Å². The zero-order chi connectivity index (χ0) is 18.3. The quantitative estimate of drug-likeness (QED) is 0.350. The average Bonchev–Trinajstić information content (AvgIpc) is 3.23. The molecule has 0 amide bonds. The third kappa shape index (κ3) is 3.02. The number of rotatable bonds is 5. The summed E-state index contributed by atoms with van der Waals surface area (Å²) in [5.41, 5.74) is 1.13. The summed E-state index contributed by atoms with van der Waals surface area (Å²) in [5, 5.41) is 13.6. The Labute approximate surface area is 157 Å². The number of ether oxygens (including phenoxy) is 1. The summed E-state index contributed by atoms with van der Waals surface area (Å²) in [6, 6.07) is 0. The van der Waals surface area contributed by atoms with E-state index in [0.29, 0.717) is 5.92 Å². The second-order valence-electron chi connectivity index (χ2n) is 9.32. The Morgan fingerprint density at radius 3 is 2.92 bits per heavy atom. The normalized spacial score (nSPS) is 43.0. The lowest BCUT2D eigenvalue weighted by Crippen LogP contribution is -3.13. The van der Waals surface area contributed by atoms with E-state index >= 15 is 0 Å². The maximum Gasteiger partial charge on any atom is 0.315 e. The molecule has 2 aliphatic carbocycles. The number of hydrogen-bond acceptors (Lipinski definition) is 3. The number of hydrogen-bond donors (Lipinski definition) is 3. The van der Waals surface area contributed by atoms with Crippen molar-refractivity contribution >= 4 is 5.97 Å². The van der Waals surface area contributed by atoms with Crippen molar-refractivity contribution < 1.29 is 24.9 Å². The number of esters is 1. The summed E-state index contributed by atoms with van der Waals surface area (Å²) in [5.74, 6) is 0.175. The minimum absolute atomic E-state index is 0.0411. The van der Waals surface area contributed by atoms with Crippen LogP contribution >= 0.6 is 0 Å². The number of carbonyl (C=O) groups excluding carboxylic acids is 1. The van der Waals surface area contributed by atoms with Crippen LogP contribution < -0.4 is 10.2 Å². The van der Waals surface area contributed by atoms with E-state index < -0.39 is 6.10 Å². The molecule has 2 aliphatic heterocycles. The highest BCUT2D eigenvalue weighted by molar-refractivity contribution is 5.76. The molecule has 6 atom stereocenters. The largest absolute Gasteiger partial charge is 0.461 e. The first-order valence-corrected chi connectivity index (χ1v) is 10.7. The second-order valence-corrected chi connectivity index (χ2v) is 9.32. The summed E-state index contributed by atoms with van der Waals surface area (Å²) >= 11 is 0. The molecule has 4 aliphatic rings. The molecule has 0 aromatic carbocycles. The molecule has 2 saturated heterocycles. The summed E-state index contributed by atoms with van der Waals surface area (Å²) < 4.78 is 5.74. The monoisotopic (exact) mass is 364 g/mol. The molecule has 4 rings (SSSR count). The van der Waals surface area contributed by atoms with E-state index in [0.717, 1.165) is 32.4 Å². The highest BCUT2D eigenvalue weighted by atomic mass is 16.6. The number of aliphatic hydroxyl groups is 1. The molecule has 146 valence electrons. The predicted molar refractivity (Wildman–Crippen MR) is 98.5 cm³/mol. The lowest BCUT2D eigenvalue weighted by atomic mass is 9.55. The van der Waals surface area contributed by atoms with Crippen LogP contribution in [-0.2, 0) is 9.53 Å². The number of nitrogens with one attached hydrogen (secondary N) is 1. The Balaban J connectivity index is 1.41. The number of carbonyl (C=O) groups is 1. The Bertz CT molecular complexity index is 572. The van der Waals surface area contributed by atoms with Crippen molar-refractivity contribution in [2.24, 2.45) is 23.2 Å². The van der Waals surface area contributed by atoms with Gasteiger partial charge in [0.25, 0.3) is 0 Å². The first-order valence-electron chi connectivity index (χ1n) is 10.7. The van der Waals surface area contributed by atoms with E-state index in [-0.39, 0.29) is 29.3 Å². The summed E-state index contributed by atoms with van der Waals surface area (Å²) in [7, 11) is 0. The SMILES string of the molecule is C[C@@H]1CCC=C2C[C@H]3OC(=O)[C@@H](C[NH2+]CC[NH+]4CCCC4)[C@H]3[C@@H](O)[C@@]21C. The van der Waals surface area contributed by atoms with Crippen LogP contribution in [0.4, 0.5) is 0 Å². The van der Waals surface area contributed by atoms with Crippen molar-refractivity contribution in [1.82, 2.24) is 0 Å². The van der Waals surface area contributed by atoms with Gasteiger partial charge >= 0.3 is 5.97 Å². The first-order chi connectivity index (χ1) is 12.5. The third-order valence-corrected chi connectivity index (χ3v) is 8.00. The van der Waals surface area contributed by atoms with Crippen LogP contribution in [0.15, 0.2) is 11.6 Å². The van der Waals surface area contributed by atoms with Crippen LogP contribution in [-0.4, -0.2) is 56.0 Å². The maximum absolute atomic E-state index is 12.6. The van der Waals surface area contributed by atoms with E-state index in [2.05, 4.69) is 25.2 Å². The lowest BCUT2D eigenvalue weighted by molar-refractivity contribution is -0.901. The highest BCUT2D eigenvalue weighted by Crippen LogP contribution is 2.55. The van der Waals surface area contributed by atoms with Crippen molar-refractivity contribution in [3.63, 3.8) is 0 Å². The van der Waals surface area contributed by atoms with Gasteiger partial charge in [0.2, 0.25) is 0 Å². The van der Waals surface area contributed by atoms with Crippen LogP contribution in [0.2, 0.25) is 0 Å².